The van der Waals surface area contributed by atoms with Crippen LogP contribution in [-0.2, 0) is 11.2 Å². The molecule has 0 aromatic carbocycles. The van der Waals surface area contributed by atoms with E-state index in [1.807, 2.05) is 23.6 Å². The number of nitrogens with two attached hydrogens (primary N) is 1. The van der Waals surface area contributed by atoms with Gasteiger partial charge in [-0.1, -0.05) is 6.07 Å². The number of amides is 1. The second-order valence-electron chi connectivity index (χ2n) is 6.55. The van der Waals surface area contributed by atoms with Gasteiger partial charge in [0, 0.05) is 30.6 Å². The molecule has 8 nitrogen and oxygen atoms in total. The predicted molar refractivity (Wildman–Crippen MR) is 101 cm³/mol. The lowest BCUT2D eigenvalue weighted by Crippen LogP contribution is -2.41. The lowest BCUT2D eigenvalue weighted by atomic mass is 9.98. The van der Waals surface area contributed by atoms with Crippen molar-refractivity contribution in [2.45, 2.75) is 19.3 Å². The van der Waals surface area contributed by atoms with Gasteiger partial charge in [0.2, 0.25) is 11.9 Å². The molecule has 1 aliphatic rings. The molecule has 4 heterocycles. The number of carbonyl (C=O) groups excluding carboxylic acids is 1. The maximum absolute atomic E-state index is 12.1. The molecular weight excluding hydrogens is 350 g/mol. The number of carbonyl (C=O) groups is 1. The first kappa shape index (κ1) is 16.8. The first-order valence-electron chi connectivity index (χ1n) is 8.69. The Morgan fingerprint density at radius 2 is 2.38 bits per heavy atom. The van der Waals surface area contributed by atoms with Gasteiger partial charge in [0.25, 0.3) is 0 Å². The van der Waals surface area contributed by atoms with E-state index in [0.29, 0.717) is 30.5 Å². The molecule has 1 saturated heterocycles. The Balaban J connectivity index is 1.36. The lowest BCUT2D eigenvalue weighted by molar-refractivity contribution is -0.120. The summed E-state index contributed by atoms with van der Waals surface area (Å²) < 4.78 is 1.66. The van der Waals surface area contributed by atoms with Crippen LogP contribution in [-0.4, -0.2) is 45.1 Å². The average Bonchev–Trinajstić information content (AvgIpc) is 3.32. The van der Waals surface area contributed by atoms with E-state index in [2.05, 4.69) is 25.4 Å². The van der Waals surface area contributed by atoms with E-state index in [1.54, 1.807) is 22.1 Å². The van der Waals surface area contributed by atoms with Crippen LogP contribution in [0.4, 0.5) is 11.8 Å². The monoisotopic (exact) mass is 371 g/mol. The number of hydrogen-bond acceptors (Lipinski definition) is 7. The zero-order valence-electron chi connectivity index (χ0n) is 14.3. The molecule has 3 aromatic heterocycles. The van der Waals surface area contributed by atoms with Crippen LogP contribution in [0.2, 0.25) is 0 Å². The van der Waals surface area contributed by atoms with E-state index in [4.69, 9.17) is 5.73 Å². The maximum atomic E-state index is 12.1. The minimum atomic E-state index is 0.0804. The number of nitrogens with zero attached hydrogens (tertiary/aromatic N) is 5. The van der Waals surface area contributed by atoms with E-state index in [0.717, 1.165) is 36.6 Å². The zero-order chi connectivity index (χ0) is 17.9. The number of fused-ring (bicyclic) bond motifs is 1. The molecule has 0 bridgehead atoms. The van der Waals surface area contributed by atoms with Crippen LogP contribution >= 0.6 is 11.3 Å². The largest absolute Gasteiger partial charge is 0.369 e. The van der Waals surface area contributed by atoms with Crippen molar-refractivity contribution < 1.29 is 4.79 Å². The SMILES string of the molecule is Nc1nc(N2CCC[C@H](CNC(=O)Cc3cccs3)C2)cc2nncn12. The Morgan fingerprint density at radius 1 is 1.46 bits per heavy atom. The zero-order valence-corrected chi connectivity index (χ0v) is 15.2. The average molecular weight is 371 g/mol. The van der Waals surface area contributed by atoms with E-state index < -0.39 is 0 Å². The third-order valence-electron chi connectivity index (χ3n) is 4.65. The topological polar surface area (TPSA) is 101 Å². The summed E-state index contributed by atoms with van der Waals surface area (Å²) in [5, 5.41) is 13.0. The number of nitrogen functional groups attached to an aromatic ring is 1. The van der Waals surface area contributed by atoms with Crippen LogP contribution in [0.1, 0.15) is 17.7 Å². The van der Waals surface area contributed by atoms with E-state index in [9.17, 15) is 4.79 Å². The number of hydrogen-bond donors (Lipinski definition) is 2. The summed E-state index contributed by atoms with van der Waals surface area (Å²) in [7, 11) is 0. The fraction of sp³-hybridized carbons (Fsp3) is 0.412. The molecule has 26 heavy (non-hydrogen) atoms. The number of aromatic nitrogens is 4. The Bertz CT molecular complexity index is 892. The molecule has 0 radical (unpaired) electrons. The molecule has 0 spiro atoms. The Morgan fingerprint density at radius 3 is 3.23 bits per heavy atom. The number of nitrogens with one attached hydrogen (secondary N) is 1. The minimum Gasteiger partial charge on any atom is -0.369 e. The summed E-state index contributed by atoms with van der Waals surface area (Å²) in [6.07, 6.45) is 4.17. The molecule has 3 N–H and O–H groups in total. The molecule has 4 rings (SSSR count). The molecule has 1 atom stereocenters. The van der Waals surface area contributed by atoms with E-state index >= 15 is 0 Å². The van der Waals surface area contributed by atoms with Gasteiger partial charge in [-0.25, -0.2) is 0 Å². The van der Waals surface area contributed by atoms with Crippen LogP contribution in [0.25, 0.3) is 5.65 Å². The second kappa shape index (κ2) is 7.28. The van der Waals surface area contributed by atoms with Crippen LogP contribution in [0.15, 0.2) is 29.9 Å². The number of piperidine rings is 1. The Hall–Kier alpha value is -2.68. The molecule has 1 amide bonds. The Kier molecular flexibility index (Phi) is 4.70. The first-order chi connectivity index (χ1) is 12.7. The van der Waals surface area contributed by atoms with Crippen molar-refractivity contribution in [3.8, 4) is 0 Å². The standard InChI is InChI=1S/C17H21N7OS/c18-17-21-14(8-15-22-20-11-24(15)17)23-5-1-3-12(10-23)9-19-16(25)7-13-4-2-6-26-13/h2,4,6,8,11-12H,1,3,5,7,9-10H2,(H2,18,21)(H,19,25)/t12-/m1/s1. The van der Waals surface area contributed by atoms with Gasteiger partial charge >= 0.3 is 0 Å². The highest BCUT2D eigenvalue weighted by Gasteiger charge is 2.22. The molecule has 0 unspecified atom stereocenters. The lowest BCUT2D eigenvalue weighted by Gasteiger charge is -2.33. The normalized spacial score (nSPS) is 17.5. The van der Waals surface area contributed by atoms with Gasteiger partial charge in [0.1, 0.15) is 12.1 Å². The molecule has 0 saturated carbocycles. The van der Waals surface area contributed by atoms with Crippen molar-refractivity contribution in [3.63, 3.8) is 0 Å². The van der Waals surface area contributed by atoms with Crippen molar-refractivity contribution in [2.24, 2.45) is 5.92 Å². The second-order valence-corrected chi connectivity index (χ2v) is 7.58. The summed E-state index contributed by atoms with van der Waals surface area (Å²) in [5.41, 5.74) is 6.69. The minimum absolute atomic E-state index is 0.0804. The smallest absolute Gasteiger partial charge is 0.225 e. The highest BCUT2D eigenvalue weighted by Crippen LogP contribution is 2.23. The maximum Gasteiger partial charge on any atom is 0.225 e. The Labute approximate surface area is 155 Å². The molecule has 1 aliphatic heterocycles. The van der Waals surface area contributed by atoms with Crippen LogP contribution in [0, 0.1) is 5.92 Å². The van der Waals surface area contributed by atoms with Crippen LogP contribution < -0.4 is 16.0 Å². The quantitative estimate of drug-likeness (QED) is 0.702. The summed E-state index contributed by atoms with van der Waals surface area (Å²) in [5.74, 6) is 1.68. The fourth-order valence-corrected chi connectivity index (χ4v) is 4.04. The van der Waals surface area contributed by atoms with Gasteiger partial charge in [-0.15, -0.1) is 21.5 Å². The van der Waals surface area contributed by atoms with Gasteiger partial charge in [0.05, 0.1) is 6.42 Å². The van der Waals surface area contributed by atoms with Gasteiger partial charge in [-0.05, 0) is 30.2 Å². The highest BCUT2D eigenvalue weighted by molar-refractivity contribution is 7.10. The third kappa shape index (κ3) is 3.62. The third-order valence-corrected chi connectivity index (χ3v) is 5.53. The van der Waals surface area contributed by atoms with Crippen molar-refractivity contribution in [2.75, 3.05) is 30.3 Å². The number of anilines is 2. The van der Waals surface area contributed by atoms with Crippen LogP contribution in [0.3, 0.4) is 0 Å². The van der Waals surface area contributed by atoms with Gasteiger partial charge < -0.3 is 16.0 Å². The number of rotatable bonds is 5. The molecule has 0 aliphatic carbocycles. The van der Waals surface area contributed by atoms with Crippen LogP contribution in [0.5, 0.6) is 0 Å². The van der Waals surface area contributed by atoms with Crippen molar-refractivity contribution in [1.82, 2.24) is 24.9 Å². The van der Waals surface area contributed by atoms with Crippen molar-refractivity contribution in [3.05, 3.63) is 34.8 Å². The fourth-order valence-electron chi connectivity index (χ4n) is 3.33. The number of thiophene rings is 1. The summed E-state index contributed by atoms with van der Waals surface area (Å²) in [6, 6.07) is 5.86. The summed E-state index contributed by atoms with van der Waals surface area (Å²) in [6.45, 7) is 2.45. The van der Waals surface area contributed by atoms with Crippen molar-refractivity contribution in [1.29, 1.82) is 0 Å². The molecule has 9 heteroatoms. The summed E-state index contributed by atoms with van der Waals surface area (Å²) >= 11 is 1.61. The van der Waals surface area contributed by atoms with Gasteiger partial charge in [-0.3, -0.25) is 9.20 Å². The van der Waals surface area contributed by atoms with E-state index in [-0.39, 0.29) is 5.91 Å². The van der Waals surface area contributed by atoms with E-state index in [1.165, 1.54) is 0 Å². The summed E-state index contributed by atoms with van der Waals surface area (Å²) in [4.78, 5) is 19.9. The highest BCUT2D eigenvalue weighted by atomic mass is 32.1. The molecule has 136 valence electrons. The molecular formula is C17H21N7OS. The van der Waals surface area contributed by atoms with Crippen molar-refractivity contribution >= 4 is 34.7 Å². The predicted octanol–water partition coefficient (Wildman–Crippen LogP) is 1.34. The first-order valence-corrected chi connectivity index (χ1v) is 9.57. The van der Waals surface area contributed by atoms with Gasteiger partial charge in [-0.2, -0.15) is 4.98 Å². The van der Waals surface area contributed by atoms with Gasteiger partial charge in [0.15, 0.2) is 5.65 Å². The molecule has 1 fully saturated rings. The molecule has 3 aromatic rings.